The van der Waals surface area contributed by atoms with Gasteiger partial charge in [0, 0.05) is 32.7 Å². The number of nitro benzene ring substituents is 1. The second-order valence-corrected chi connectivity index (χ2v) is 6.02. The van der Waals surface area contributed by atoms with Crippen LogP contribution in [0.3, 0.4) is 0 Å². The summed E-state index contributed by atoms with van der Waals surface area (Å²) in [5, 5.41) is 13.7. The summed E-state index contributed by atoms with van der Waals surface area (Å²) in [5.74, 6) is -1.52. The van der Waals surface area contributed by atoms with E-state index in [9.17, 15) is 24.1 Å². The predicted octanol–water partition coefficient (Wildman–Crippen LogP) is 0.600. The highest BCUT2D eigenvalue weighted by Gasteiger charge is 2.27. The standard InChI is InChI=1S/C16H22FN5O4/c1-2-19-14(23)10-20-4-3-5-21(7-6-20)16(24)12-8-11(17)9-13(15(12)18)22(25)26/h8-9H,2-7,10,18H2,1H3,(H,19,23). The first kappa shape index (κ1) is 19.6. The summed E-state index contributed by atoms with van der Waals surface area (Å²) < 4.78 is 13.7. The quantitative estimate of drug-likeness (QED) is 0.446. The molecule has 1 aromatic carbocycles. The van der Waals surface area contributed by atoms with Crippen molar-refractivity contribution in [3.05, 3.63) is 33.6 Å². The van der Waals surface area contributed by atoms with Crippen molar-refractivity contribution >= 4 is 23.2 Å². The zero-order valence-corrected chi connectivity index (χ0v) is 14.5. The van der Waals surface area contributed by atoms with Crippen molar-refractivity contribution in [2.75, 3.05) is 45.0 Å². The Hall–Kier alpha value is -2.75. The Bertz CT molecular complexity index is 712. The molecule has 1 aromatic rings. The molecule has 1 fully saturated rings. The molecule has 1 heterocycles. The number of rotatable bonds is 5. The van der Waals surface area contributed by atoms with Crippen LogP contribution in [-0.2, 0) is 4.79 Å². The minimum absolute atomic E-state index is 0.0859. The van der Waals surface area contributed by atoms with Gasteiger partial charge in [0.05, 0.1) is 23.1 Å². The molecule has 1 saturated heterocycles. The normalized spacial score (nSPS) is 15.4. The molecule has 0 radical (unpaired) electrons. The lowest BCUT2D eigenvalue weighted by Gasteiger charge is -2.22. The number of likely N-dealkylation sites (N-methyl/N-ethyl adjacent to an activating group) is 1. The number of halogens is 1. The number of amides is 2. The Labute approximate surface area is 150 Å². The van der Waals surface area contributed by atoms with Crippen molar-refractivity contribution in [3.63, 3.8) is 0 Å². The van der Waals surface area contributed by atoms with Crippen LogP contribution >= 0.6 is 0 Å². The van der Waals surface area contributed by atoms with E-state index in [1.165, 1.54) is 4.90 Å². The number of nitrogens with zero attached hydrogens (tertiary/aromatic N) is 3. The lowest BCUT2D eigenvalue weighted by molar-refractivity contribution is -0.384. The third kappa shape index (κ3) is 4.66. The average molecular weight is 367 g/mol. The van der Waals surface area contributed by atoms with Crippen LogP contribution < -0.4 is 11.1 Å². The smallest absolute Gasteiger partial charge is 0.295 e. The number of anilines is 1. The van der Waals surface area contributed by atoms with Crippen LogP contribution in [0.25, 0.3) is 0 Å². The van der Waals surface area contributed by atoms with Gasteiger partial charge in [-0.05, 0) is 19.4 Å². The number of nitrogens with two attached hydrogens (primary N) is 1. The van der Waals surface area contributed by atoms with E-state index in [2.05, 4.69) is 5.32 Å². The second kappa shape index (κ2) is 8.56. The Morgan fingerprint density at radius 3 is 2.69 bits per heavy atom. The zero-order valence-electron chi connectivity index (χ0n) is 14.5. The summed E-state index contributed by atoms with van der Waals surface area (Å²) in [6, 6.07) is 1.62. The van der Waals surface area contributed by atoms with Crippen LogP contribution in [0.15, 0.2) is 12.1 Å². The number of carbonyl (C=O) groups excluding carboxylic acids is 2. The Morgan fingerprint density at radius 1 is 1.31 bits per heavy atom. The molecule has 1 aliphatic heterocycles. The van der Waals surface area contributed by atoms with Gasteiger partial charge in [-0.25, -0.2) is 4.39 Å². The molecule has 0 unspecified atom stereocenters. The molecule has 0 spiro atoms. The summed E-state index contributed by atoms with van der Waals surface area (Å²) >= 11 is 0. The van der Waals surface area contributed by atoms with Crippen LogP contribution in [0.1, 0.15) is 23.7 Å². The summed E-state index contributed by atoms with van der Waals surface area (Å²) in [7, 11) is 0. The highest BCUT2D eigenvalue weighted by molar-refractivity contribution is 6.01. The highest BCUT2D eigenvalue weighted by atomic mass is 19.1. The SMILES string of the molecule is CCNC(=O)CN1CCCN(C(=O)c2cc(F)cc([N+](=O)[O-])c2N)CC1. The largest absolute Gasteiger partial charge is 0.393 e. The molecule has 0 aliphatic carbocycles. The van der Waals surface area contributed by atoms with Crippen molar-refractivity contribution in [2.45, 2.75) is 13.3 Å². The molecule has 142 valence electrons. The van der Waals surface area contributed by atoms with E-state index in [1.807, 2.05) is 11.8 Å². The minimum Gasteiger partial charge on any atom is -0.393 e. The monoisotopic (exact) mass is 367 g/mol. The van der Waals surface area contributed by atoms with E-state index < -0.39 is 22.3 Å². The first-order chi connectivity index (χ1) is 12.3. The fourth-order valence-electron chi connectivity index (χ4n) is 2.89. The maximum absolute atomic E-state index is 13.7. The lowest BCUT2D eigenvalue weighted by Crippen LogP contribution is -2.40. The zero-order chi connectivity index (χ0) is 19.3. The topological polar surface area (TPSA) is 122 Å². The van der Waals surface area contributed by atoms with Gasteiger partial charge in [-0.2, -0.15) is 0 Å². The summed E-state index contributed by atoms with van der Waals surface area (Å²) in [4.78, 5) is 37.9. The molecule has 26 heavy (non-hydrogen) atoms. The van der Waals surface area contributed by atoms with Crippen LogP contribution in [-0.4, -0.2) is 65.8 Å². The van der Waals surface area contributed by atoms with Crippen molar-refractivity contribution in [2.24, 2.45) is 0 Å². The van der Waals surface area contributed by atoms with Crippen LogP contribution in [0.2, 0.25) is 0 Å². The van der Waals surface area contributed by atoms with Gasteiger partial charge in [0.15, 0.2) is 0 Å². The van der Waals surface area contributed by atoms with Gasteiger partial charge in [0.2, 0.25) is 5.91 Å². The summed E-state index contributed by atoms with van der Waals surface area (Å²) in [5.41, 5.74) is 4.53. The molecule has 2 rings (SSSR count). The maximum atomic E-state index is 13.7. The fraction of sp³-hybridized carbons (Fsp3) is 0.500. The van der Waals surface area contributed by atoms with Crippen molar-refractivity contribution < 1.29 is 18.9 Å². The number of hydrogen-bond donors (Lipinski definition) is 2. The molecule has 1 aliphatic rings. The molecule has 9 nitrogen and oxygen atoms in total. The van der Waals surface area contributed by atoms with Gasteiger partial charge in [-0.3, -0.25) is 24.6 Å². The highest BCUT2D eigenvalue weighted by Crippen LogP contribution is 2.28. The van der Waals surface area contributed by atoms with E-state index in [0.29, 0.717) is 45.2 Å². The van der Waals surface area contributed by atoms with Crippen LogP contribution in [0.4, 0.5) is 15.8 Å². The first-order valence-corrected chi connectivity index (χ1v) is 8.35. The Morgan fingerprint density at radius 2 is 2.04 bits per heavy atom. The van der Waals surface area contributed by atoms with E-state index in [-0.39, 0.29) is 23.7 Å². The molecule has 0 atom stereocenters. The van der Waals surface area contributed by atoms with Crippen LogP contribution in [0, 0.1) is 15.9 Å². The number of nitro groups is 1. The minimum atomic E-state index is -0.887. The van der Waals surface area contributed by atoms with E-state index in [1.54, 1.807) is 0 Å². The van der Waals surface area contributed by atoms with Gasteiger partial charge < -0.3 is 16.0 Å². The predicted molar refractivity (Wildman–Crippen MR) is 93.1 cm³/mol. The fourth-order valence-corrected chi connectivity index (χ4v) is 2.89. The number of nitrogen functional groups attached to an aromatic ring is 1. The number of carbonyl (C=O) groups is 2. The van der Waals surface area contributed by atoms with E-state index >= 15 is 0 Å². The molecular weight excluding hydrogens is 345 g/mol. The molecule has 0 aromatic heterocycles. The van der Waals surface area contributed by atoms with Crippen LogP contribution in [0.5, 0.6) is 0 Å². The van der Waals surface area contributed by atoms with E-state index in [0.717, 1.165) is 6.07 Å². The summed E-state index contributed by atoms with van der Waals surface area (Å²) in [6.07, 6.45) is 0.627. The van der Waals surface area contributed by atoms with E-state index in [4.69, 9.17) is 5.73 Å². The van der Waals surface area contributed by atoms with Gasteiger partial charge in [0.1, 0.15) is 11.5 Å². The second-order valence-electron chi connectivity index (χ2n) is 6.02. The molecule has 10 heteroatoms. The molecule has 0 saturated carbocycles. The third-order valence-corrected chi connectivity index (χ3v) is 4.17. The molecule has 2 amide bonds. The Kier molecular flexibility index (Phi) is 6.45. The van der Waals surface area contributed by atoms with Gasteiger partial charge in [0.25, 0.3) is 11.6 Å². The lowest BCUT2D eigenvalue weighted by atomic mass is 10.1. The molecular formula is C16H22FN5O4. The van der Waals surface area contributed by atoms with Crippen molar-refractivity contribution in [1.82, 2.24) is 15.1 Å². The molecule has 0 bridgehead atoms. The third-order valence-electron chi connectivity index (χ3n) is 4.17. The average Bonchev–Trinajstić information content (AvgIpc) is 2.81. The van der Waals surface area contributed by atoms with Gasteiger partial charge >= 0.3 is 0 Å². The number of hydrogen-bond acceptors (Lipinski definition) is 6. The number of benzene rings is 1. The molecule has 3 N–H and O–H groups in total. The van der Waals surface area contributed by atoms with Crippen molar-refractivity contribution in [3.8, 4) is 0 Å². The van der Waals surface area contributed by atoms with Gasteiger partial charge in [-0.1, -0.05) is 0 Å². The summed E-state index contributed by atoms with van der Waals surface area (Å²) in [6.45, 7) is 4.46. The number of nitrogens with one attached hydrogen (secondary N) is 1. The van der Waals surface area contributed by atoms with Gasteiger partial charge in [-0.15, -0.1) is 0 Å². The first-order valence-electron chi connectivity index (χ1n) is 8.35. The maximum Gasteiger partial charge on any atom is 0.295 e. The van der Waals surface area contributed by atoms with Crippen molar-refractivity contribution in [1.29, 1.82) is 0 Å². The Balaban J connectivity index is 2.11.